The van der Waals surface area contributed by atoms with E-state index in [-0.39, 0.29) is 23.5 Å². The zero-order valence-corrected chi connectivity index (χ0v) is 17.9. The molecule has 0 saturated heterocycles. The number of aromatic nitrogens is 3. The Morgan fingerprint density at radius 1 is 1.07 bits per heavy atom. The smallest absolute Gasteiger partial charge is 0.233 e. The molecule has 1 unspecified atom stereocenters. The number of carbonyl (C=O) groups excluding carboxylic acids is 1. The molecule has 0 spiro atoms. The summed E-state index contributed by atoms with van der Waals surface area (Å²) in [5, 5.41) is 8.82. The van der Waals surface area contributed by atoms with Gasteiger partial charge >= 0.3 is 0 Å². The van der Waals surface area contributed by atoms with Crippen LogP contribution in [0.3, 0.4) is 0 Å². The molecule has 0 fully saturated rings. The lowest BCUT2D eigenvalue weighted by Crippen LogP contribution is -2.31. The fraction of sp³-hybridized carbons (Fsp3) is 0.318. The van der Waals surface area contributed by atoms with Crippen molar-refractivity contribution in [2.75, 3.05) is 12.8 Å². The van der Waals surface area contributed by atoms with Crippen LogP contribution in [0.1, 0.15) is 43.9 Å². The number of rotatable bonds is 7. The maximum Gasteiger partial charge on any atom is 0.233 e. The molecule has 152 valence electrons. The molecule has 0 aliphatic heterocycles. The Morgan fingerprint density at radius 2 is 1.69 bits per heavy atom. The topological polar surface area (TPSA) is 51.0 Å². The highest BCUT2D eigenvalue weighted by atomic mass is 32.2. The third kappa shape index (κ3) is 5.03. The van der Waals surface area contributed by atoms with Gasteiger partial charge < -0.3 is 4.90 Å². The van der Waals surface area contributed by atoms with Crippen LogP contribution in [-0.2, 0) is 4.79 Å². The molecule has 0 aliphatic carbocycles. The maximum absolute atomic E-state index is 13.1. The Balaban J connectivity index is 1.65. The first-order valence-corrected chi connectivity index (χ1v) is 10.5. The van der Waals surface area contributed by atoms with Crippen molar-refractivity contribution in [1.29, 1.82) is 0 Å². The van der Waals surface area contributed by atoms with Crippen molar-refractivity contribution in [3.8, 4) is 5.69 Å². The molecule has 1 amide bonds. The Bertz CT molecular complexity index is 954. The predicted octanol–water partition coefficient (Wildman–Crippen LogP) is 4.84. The van der Waals surface area contributed by atoms with Crippen molar-refractivity contribution in [3.63, 3.8) is 0 Å². The maximum atomic E-state index is 13.1. The van der Waals surface area contributed by atoms with Crippen LogP contribution in [0.4, 0.5) is 4.39 Å². The van der Waals surface area contributed by atoms with Crippen LogP contribution >= 0.6 is 11.8 Å². The van der Waals surface area contributed by atoms with E-state index in [1.165, 1.54) is 29.5 Å². The molecule has 1 atom stereocenters. The molecule has 1 aromatic heterocycles. The van der Waals surface area contributed by atoms with E-state index < -0.39 is 0 Å². The summed E-state index contributed by atoms with van der Waals surface area (Å²) >= 11 is 1.35. The zero-order chi connectivity index (χ0) is 21.0. The van der Waals surface area contributed by atoms with Gasteiger partial charge in [-0.25, -0.2) is 4.39 Å². The SMILES string of the molecule is CC(C)c1ccc(-n2cnnc2SCC(=O)N(C)C(C)c2ccc(F)cc2)cc1. The van der Waals surface area contributed by atoms with Crippen LogP contribution in [0, 0.1) is 5.82 Å². The van der Waals surface area contributed by atoms with E-state index in [4.69, 9.17) is 0 Å². The van der Waals surface area contributed by atoms with E-state index in [9.17, 15) is 9.18 Å². The Hall–Kier alpha value is -2.67. The highest BCUT2D eigenvalue weighted by Crippen LogP contribution is 2.24. The second kappa shape index (κ2) is 9.22. The molecule has 3 rings (SSSR count). The van der Waals surface area contributed by atoms with E-state index >= 15 is 0 Å². The lowest BCUT2D eigenvalue weighted by atomic mass is 10.0. The van der Waals surface area contributed by atoms with Gasteiger partial charge in [-0.05, 0) is 48.2 Å². The second-order valence-corrected chi connectivity index (χ2v) is 8.19. The highest BCUT2D eigenvalue weighted by molar-refractivity contribution is 7.99. The predicted molar refractivity (Wildman–Crippen MR) is 114 cm³/mol. The van der Waals surface area contributed by atoms with Crippen LogP contribution < -0.4 is 0 Å². The molecule has 5 nitrogen and oxygen atoms in total. The summed E-state index contributed by atoms with van der Waals surface area (Å²) < 4.78 is 15.0. The first-order chi connectivity index (χ1) is 13.9. The van der Waals surface area contributed by atoms with Gasteiger partial charge in [-0.2, -0.15) is 0 Å². The minimum absolute atomic E-state index is 0.0310. The van der Waals surface area contributed by atoms with Gasteiger partial charge in [0.15, 0.2) is 5.16 Å². The average Bonchev–Trinajstić information content (AvgIpc) is 3.20. The first kappa shape index (κ1) is 21.0. The molecule has 2 aromatic carbocycles. The Kier molecular flexibility index (Phi) is 6.69. The van der Waals surface area contributed by atoms with Crippen molar-refractivity contribution < 1.29 is 9.18 Å². The molecule has 0 radical (unpaired) electrons. The van der Waals surface area contributed by atoms with Gasteiger partial charge in [0.05, 0.1) is 11.8 Å². The number of amides is 1. The molecule has 0 aliphatic rings. The molecule has 0 saturated carbocycles. The fourth-order valence-corrected chi connectivity index (χ4v) is 3.78. The fourth-order valence-electron chi connectivity index (χ4n) is 2.93. The van der Waals surface area contributed by atoms with Gasteiger partial charge in [0, 0.05) is 12.7 Å². The number of carbonyl (C=O) groups is 1. The second-order valence-electron chi connectivity index (χ2n) is 7.25. The molecule has 0 bridgehead atoms. The lowest BCUT2D eigenvalue weighted by Gasteiger charge is -2.25. The van der Waals surface area contributed by atoms with Gasteiger partial charge in [0.1, 0.15) is 12.1 Å². The lowest BCUT2D eigenvalue weighted by molar-refractivity contribution is -0.128. The first-order valence-electron chi connectivity index (χ1n) is 9.51. The third-order valence-corrected chi connectivity index (χ3v) is 5.93. The highest BCUT2D eigenvalue weighted by Gasteiger charge is 2.19. The summed E-state index contributed by atoms with van der Waals surface area (Å²) in [5.41, 5.74) is 3.12. The van der Waals surface area contributed by atoms with E-state index in [2.05, 4.69) is 36.2 Å². The minimum atomic E-state index is -0.286. The molecule has 7 heteroatoms. The molecule has 0 N–H and O–H groups in total. The molecular weight excluding hydrogens is 387 g/mol. The molecule has 3 aromatic rings. The molecule has 29 heavy (non-hydrogen) atoms. The van der Waals surface area contributed by atoms with Gasteiger partial charge in [0.2, 0.25) is 5.91 Å². The van der Waals surface area contributed by atoms with Crippen LogP contribution in [0.25, 0.3) is 5.69 Å². The van der Waals surface area contributed by atoms with E-state index in [1.807, 2.05) is 23.6 Å². The third-order valence-electron chi connectivity index (χ3n) is 5.01. The minimum Gasteiger partial charge on any atom is -0.338 e. The van der Waals surface area contributed by atoms with Crippen molar-refractivity contribution in [2.45, 2.75) is 37.9 Å². The standard InChI is InChI=1S/C22H25FN4OS/c1-15(2)17-7-11-20(12-8-17)27-14-24-25-22(27)29-13-21(28)26(4)16(3)18-5-9-19(23)10-6-18/h5-12,14-16H,13H2,1-4H3. The molecular formula is C22H25FN4OS. The van der Waals surface area contributed by atoms with Gasteiger partial charge in [-0.1, -0.05) is 49.9 Å². The summed E-state index contributed by atoms with van der Waals surface area (Å²) in [6, 6.07) is 14.3. The average molecular weight is 413 g/mol. The van der Waals surface area contributed by atoms with E-state index in [1.54, 1.807) is 30.4 Å². The molecule has 1 heterocycles. The normalized spacial score (nSPS) is 12.2. The van der Waals surface area contributed by atoms with Crippen LogP contribution in [0.5, 0.6) is 0 Å². The Labute approximate surface area is 175 Å². The van der Waals surface area contributed by atoms with Gasteiger partial charge in [-0.3, -0.25) is 9.36 Å². The van der Waals surface area contributed by atoms with Crippen molar-refractivity contribution in [1.82, 2.24) is 19.7 Å². The monoisotopic (exact) mass is 412 g/mol. The largest absolute Gasteiger partial charge is 0.338 e. The zero-order valence-electron chi connectivity index (χ0n) is 17.0. The van der Waals surface area contributed by atoms with Crippen LogP contribution in [0.2, 0.25) is 0 Å². The number of halogens is 1. The van der Waals surface area contributed by atoms with Gasteiger partial charge in [0.25, 0.3) is 0 Å². The summed E-state index contributed by atoms with van der Waals surface area (Å²) in [6.07, 6.45) is 1.65. The van der Waals surface area contributed by atoms with E-state index in [0.29, 0.717) is 11.1 Å². The van der Waals surface area contributed by atoms with Gasteiger partial charge in [-0.15, -0.1) is 10.2 Å². The van der Waals surface area contributed by atoms with Crippen LogP contribution in [-0.4, -0.2) is 38.4 Å². The van der Waals surface area contributed by atoms with Crippen molar-refractivity contribution in [3.05, 3.63) is 71.8 Å². The summed E-state index contributed by atoms with van der Waals surface area (Å²) in [7, 11) is 1.76. The summed E-state index contributed by atoms with van der Waals surface area (Å²) in [4.78, 5) is 14.3. The summed E-state index contributed by atoms with van der Waals surface area (Å²) in [5.74, 6) is 0.392. The van der Waals surface area contributed by atoms with E-state index in [0.717, 1.165) is 11.3 Å². The number of nitrogens with zero attached hydrogens (tertiary/aromatic N) is 4. The number of thioether (sulfide) groups is 1. The van der Waals surface area contributed by atoms with Crippen LogP contribution in [0.15, 0.2) is 60.0 Å². The number of hydrogen-bond acceptors (Lipinski definition) is 4. The quantitative estimate of drug-likeness (QED) is 0.521. The van der Waals surface area contributed by atoms with Crippen molar-refractivity contribution >= 4 is 17.7 Å². The van der Waals surface area contributed by atoms with Crippen molar-refractivity contribution in [2.24, 2.45) is 0 Å². The Morgan fingerprint density at radius 3 is 2.31 bits per heavy atom. The number of benzene rings is 2. The summed E-state index contributed by atoms with van der Waals surface area (Å²) in [6.45, 7) is 6.24. The number of hydrogen-bond donors (Lipinski definition) is 0.